The lowest BCUT2D eigenvalue weighted by atomic mass is 10.00. The van der Waals surface area contributed by atoms with Crippen LogP contribution in [-0.4, -0.2) is 140 Å². The molecule has 12 rings (SSSR count). The fourth-order valence-corrected chi connectivity index (χ4v) is 15.6. The highest BCUT2D eigenvalue weighted by Crippen LogP contribution is 2.43. The molecule has 0 unspecified atom stereocenters. The van der Waals surface area contributed by atoms with Gasteiger partial charge in [-0.05, 0) is 42.3 Å². The SMILES string of the molecule is Cc1sc2nc1C(=O)N[C@@H]([C@H](O)c1ccccc1)c1nc(cs1)C(=O)N[C@@H](Cc1ccc(O)cc1)C(=O)N1C[C@H](O)[C@H](C)[C@@H]1c1nc(cs1)-c1nc(cs1)-c1nc(-c3nc(C(=O)N4CCNCC4)cs3)ccc1-c1nc(cs1)C(=O)N[C@H]2CC(N)=O. The number of nitrogens with two attached hydrogens (primary N) is 1. The molecule has 3 aliphatic rings. The maximum Gasteiger partial charge on any atom is 0.273 e. The third-order valence-corrected chi connectivity index (χ3v) is 20.4. The monoisotopic (exact) mass is 1270 g/mol. The zero-order valence-electron chi connectivity index (χ0n) is 45.6. The Hall–Kier alpha value is -8.13. The zero-order valence-corrected chi connectivity index (χ0v) is 50.5. The third kappa shape index (κ3) is 12.0. The van der Waals surface area contributed by atoms with Gasteiger partial charge in [-0.15, -0.1) is 68.0 Å². The number of hydrogen-bond acceptors (Lipinski definition) is 23. The van der Waals surface area contributed by atoms with E-state index in [0.29, 0.717) is 96.2 Å². The maximum atomic E-state index is 15.2. The molecule has 10 bridgehead atoms. The van der Waals surface area contributed by atoms with Crippen molar-refractivity contribution in [2.45, 2.75) is 63.1 Å². The number of amides is 6. The Labute approximate surface area is 514 Å². The maximum absolute atomic E-state index is 15.2. The Bertz CT molecular complexity index is 4040. The summed E-state index contributed by atoms with van der Waals surface area (Å²) in [5.74, 6) is -4.12. The first-order chi connectivity index (χ1) is 41.5. The Morgan fingerprint density at radius 1 is 0.674 bits per heavy atom. The molecule has 10 heterocycles. The second-order valence-electron chi connectivity index (χ2n) is 20.6. The van der Waals surface area contributed by atoms with Crippen LogP contribution in [0.5, 0.6) is 5.75 Å². The lowest BCUT2D eigenvalue weighted by molar-refractivity contribution is -0.134. The van der Waals surface area contributed by atoms with Crippen LogP contribution in [0.1, 0.15) is 111 Å². The Morgan fingerprint density at radius 3 is 2.09 bits per heavy atom. The van der Waals surface area contributed by atoms with Crippen LogP contribution < -0.4 is 27.0 Å². The number of aromatic nitrogens is 7. The molecule has 7 atom stereocenters. The summed E-state index contributed by atoms with van der Waals surface area (Å²) in [6, 6.07) is 14.0. The molecule has 9 N–H and O–H groups in total. The van der Waals surface area contributed by atoms with E-state index in [0.717, 1.165) is 22.7 Å². The topological polar surface area (TPSA) is 334 Å². The van der Waals surface area contributed by atoms with Crippen LogP contribution in [0.4, 0.5) is 0 Å². The van der Waals surface area contributed by atoms with Crippen LogP contribution in [0.15, 0.2) is 93.6 Å². The molecular formula is C57H52N14O9S6. The number of primary amides is 1. The minimum absolute atomic E-state index is 0.00220. The van der Waals surface area contributed by atoms with Crippen molar-refractivity contribution in [2.24, 2.45) is 11.7 Å². The van der Waals surface area contributed by atoms with Gasteiger partial charge in [0.1, 0.15) is 93.8 Å². The van der Waals surface area contributed by atoms with E-state index >= 15 is 4.79 Å². The van der Waals surface area contributed by atoms with Crippen LogP contribution in [0.2, 0.25) is 0 Å². The van der Waals surface area contributed by atoms with Crippen molar-refractivity contribution in [3.05, 3.63) is 147 Å². The van der Waals surface area contributed by atoms with E-state index < -0.39 is 78.2 Å². The van der Waals surface area contributed by atoms with Crippen molar-refractivity contribution in [3.8, 4) is 49.1 Å². The van der Waals surface area contributed by atoms with E-state index in [9.17, 15) is 39.3 Å². The first-order valence-electron chi connectivity index (χ1n) is 27.0. The number of carbonyl (C=O) groups is 6. The number of aliphatic hydroxyl groups is 2. The minimum Gasteiger partial charge on any atom is -0.508 e. The number of hydrogen-bond donors (Lipinski definition) is 8. The molecule has 0 radical (unpaired) electrons. The number of fused-ring (bicyclic) bond motifs is 16. The fraction of sp³-hybridized carbons (Fsp3) is 0.281. The first kappa shape index (κ1) is 58.3. The number of pyridine rings is 1. The van der Waals surface area contributed by atoms with Crippen molar-refractivity contribution in [3.63, 3.8) is 0 Å². The minimum atomic E-state index is -1.40. The number of piperazine rings is 1. The Kier molecular flexibility index (Phi) is 16.7. The number of nitrogens with one attached hydrogen (secondary N) is 4. The molecule has 86 heavy (non-hydrogen) atoms. The number of aliphatic hydroxyl groups excluding tert-OH is 2. The van der Waals surface area contributed by atoms with Crippen molar-refractivity contribution in [2.75, 3.05) is 32.7 Å². The second-order valence-corrected chi connectivity index (χ2v) is 26.2. The second kappa shape index (κ2) is 24.7. The van der Waals surface area contributed by atoms with Gasteiger partial charge in [-0.3, -0.25) is 28.8 Å². The molecule has 6 amide bonds. The standard InChI is InChI=1S/C57H52N14O9S6/c1-26-40(73)20-71-45(26)55-66-38(24-85-55)52-63-35(21-82-52)43-31(12-13-32(60-43)51-67-39(25-83-51)56(79)70-16-14-59-15-17-70)50-64-36(22-81-50)47(76)61-33(19-41(58)74)53-69-42(27(2)86-53)49(78)68-44(46(75)29-6-4-3-5-7-29)54-65-37(23-84-54)48(77)62-34(57(71)80)18-28-8-10-30(72)11-9-28/h3-13,21-26,33-34,40,44-46,59,72-73,75H,14-20H2,1-2H3,(H2,58,74)(H,61,76)(H,62,77)(H,68,78)/t26-,33-,34-,40-,44-,45+,46+/m0/s1. The van der Waals surface area contributed by atoms with E-state index in [2.05, 4.69) is 31.2 Å². The highest BCUT2D eigenvalue weighted by atomic mass is 32.1. The summed E-state index contributed by atoms with van der Waals surface area (Å²) in [6.07, 6.45) is -2.79. The third-order valence-electron chi connectivity index (χ3n) is 14.8. The smallest absolute Gasteiger partial charge is 0.273 e. The molecule has 2 fully saturated rings. The number of phenolic OH excluding ortho intramolecular Hbond substituents is 1. The number of phenols is 1. The molecular weight excluding hydrogens is 1220 g/mol. The number of rotatable bonds is 8. The van der Waals surface area contributed by atoms with Crippen LogP contribution in [-0.2, 0) is 16.0 Å². The molecule has 0 aliphatic carbocycles. The van der Waals surface area contributed by atoms with Crippen LogP contribution in [0, 0.1) is 12.8 Å². The van der Waals surface area contributed by atoms with Gasteiger partial charge in [-0.25, -0.2) is 34.9 Å². The molecule has 23 nitrogen and oxygen atoms in total. The molecule has 9 aromatic rings. The normalized spacial score (nSPS) is 20.6. The molecule has 0 saturated carbocycles. The van der Waals surface area contributed by atoms with E-state index in [1.54, 1.807) is 77.2 Å². The number of aromatic hydroxyl groups is 1. The molecule has 0 spiro atoms. The molecule has 2 aromatic carbocycles. The van der Waals surface area contributed by atoms with Gasteiger partial charge < -0.3 is 52.1 Å². The quantitative estimate of drug-likeness (QED) is 0.0823. The van der Waals surface area contributed by atoms with Crippen LogP contribution in [0.3, 0.4) is 0 Å². The van der Waals surface area contributed by atoms with Crippen molar-refractivity contribution < 1.29 is 44.1 Å². The summed E-state index contributed by atoms with van der Waals surface area (Å²) >= 11 is 7.06. The van der Waals surface area contributed by atoms with Crippen molar-refractivity contribution in [1.29, 1.82) is 0 Å². The van der Waals surface area contributed by atoms with Crippen LogP contribution in [0.25, 0.3) is 43.4 Å². The summed E-state index contributed by atoms with van der Waals surface area (Å²) < 4.78 is 0. The van der Waals surface area contributed by atoms with Crippen LogP contribution >= 0.6 is 68.0 Å². The van der Waals surface area contributed by atoms with Crippen molar-refractivity contribution in [1.82, 2.24) is 66.0 Å². The van der Waals surface area contributed by atoms with E-state index in [1.165, 1.54) is 67.8 Å². The predicted octanol–water partition coefficient (Wildman–Crippen LogP) is 6.33. The molecule has 440 valence electrons. The number of carbonyl (C=O) groups excluding carboxylic acids is 6. The van der Waals surface area contributed by atoms with E-state index in [1.807, 2.05) is 17.7 Å². The molecule has 29 heteroatoms. The van der Waals surface area contributed by atoms with Gasteiger partial charge in [0.05, 0.1) is 30.3 Å². The zero-order chi connectivity index (χ0) is 59.9. The molecule has 7 aromatic heterocycles. The number of thiazole rings is 6. The van der Waals surface area contributed by atoms with Gasteiger partial charge in [0.15, 0.2) is 0 Å². The van der Waals surface area contributed by atoms with Gasteiger partial charge in [0.25, 0.3) is 23.6 Å². The summed E-state index contributed by atoms with van der Waals surface area (Å²) in [4.78, 5) is 122. The first-order valence-corrected chi connectivity index (χ1v) is 32.2. The van der Waals surface area contributed by atoms with E-state index in [-0.39, 0.29) is 51.7 Å². The summed E-state index contributed by atoms with van der Waals surface area (Å²) in [7, 11) is 0. The predicted molar refractivity (Wildman–Crippen MR) is 325 cm³/mol. The average Bonchev–Trinajstić information content (AvgIpc) is 2.24. The van der Waals surface area contributed by atoms with Crippen molar-refractivity contribution >= 4 is 103 Å². The molecule has 3 aliphatic heterocycles. The summed E-state index contributed by atoms with van der Waals surface area (Å²) in [5, 5.41) is 56.1. The Morgan fingerprint density at radius 2 is 1.33 bits per heavy atom. The number of nitrogens with zero attached hydrogens (tertiary/aromatic N) is 9. The van der Waals surface area contributed by atoms with Gasteiger partial charge in [0.2, 0.25) is 11.8 Å². The lowest BCUT2D eigenvalue weighted by Crippen LogP contribution is -2.50. The number of benzene rings is 2. The van der Waals surface area contributed by atoms with Gasteiger partial charge >= 0.3 is 0 Å². The van der Waals surface area contributed by atoms with Gasteiger partial charge in [-0.1, -0.05) is 49.4 Å². The van der Waals surface area contributed by atoms with Gasteiger partial charge in [-0.2, -0.15) is 0 Å². The van der Waals surface area contributed by atoms with Gasteiger partial charge in [0, 0.05) is 82.4 Å². The number of aryl methyl sites for hydroxylation is 1. The summed E-state index contributed by atoms with van der Waals surface area (Å²) in [5.41, 5.74) is 9.13. The highest BCUT2D eigenvalue weighted by molar-refractivity contribution is 7.15. The molecule has 2 saturated heterocycles. The lowest BCUT2D eigenvalue weighted by Gasteiger charge is -2.29. The highest BCUT2D eigenvalue weighted by Gasteiger charge is 2.45. The Balaban J connectivity index is 0.951. The largest absolute Gasteiger partial charge is 0.508 e. The fourth-order valence-electron chi connectivity index (χ4n) is 10.3. The summed E-state index contributed by atoms with van der Waals surface area (Å²) in [6.45, 7) is 5.85. The average molecular weight is 1270 g/mol. The van der Waals surface area contributed by atoms with E-state index in [4.69, 9.17) is 30.7 Å².